The van der Waals surface area contributed by atoms with Crippen LogP contribution in [0.4, 0.5) is 0 Å². The molecule has 0 spiro atoms. The van der Waals surface area contributed by atoms with E-state index in [9.17, 15) is 8.42 Å². The van der Waals surface area contributed by atoms with Gasteiger partial charge in [-0.2, -0.15) is 0 Å². The molecule has 1 N–H and O–H groups in total. The van der Waals surface area contributed by atoms with Crippen LogP contribution in [0.25, 0.3) is 11.0 Å². The summed E-state index contributed by atoms with van der Waals surface area (Å²) in [5.74, 6) is 0. The fourth-order valence-corrected chi connectivity index (χ4v) is 4.43. The Kier molecular flexibility index (Phi) is 4.53. The van der Waals surface area contributed by atoms with Gasteiger partial charge in [0.15, 0.2) is 0 Å². The van der Waals surface area contributed by atoms with Crippen molar-refractivity contribution in [3.63, 3.8) is 0 Å². The number of sulfonamides is 1. The summed E-state index contributed by atoms with van der Waals surface area (Å²) >= 11 is 5.67. The van der Waals surface area contributed by atoms with Gasteiger partial charge in [0.2, 0.25) is 0 Å². The van der Waals surface area contributed by atoms with Crippen molar-refractivity contribution in [1.82, 2.24) is 12.7 Å². The first-order valence-corrected chi connectivity index (χ1v) is 9.31. The van der Waals surface area contributed by atoms with Gasteiger partial charge in [-0.05, 0) is 0 Å². The molecular formula is C11H16ClN4O2SSe+. The van der Waals surface area contributed by atoms with Gasteiger partial charge in [0.05, 0.1) is 0 Å². The van der Waals surface area contributed by atoms with Gasteiger partial charge < -0.3 is 0 Å². The number of quaternary nitrogens is 1. The number of nitrogens with zero attached hydrogens (tertiary/aromatic N) is 3. The van der Waals surface area contributed by atoms with E-state index < -0.39 is 10.0 Å². The van der Waals surface area contributed by atoms with Crippen LogP contribution in [-0.2, 0) is 10.0 Å². The molecule has 1 aromatic heterocycles. The second-order valence-corrected chi connectivity index (χ2v) is 8.67. The van der Waals surface area contributed by atoms with Crippen molar-refractivity contribution < 1.29 is 12.9 Å². The number of hydrogen-bond donors (Lipinski definition) is 1. The maximum atomic E-state index is 12.3. The minimum absolute atomic E-state index is 0.154. The van der Waals surface area contributed by atoms with Crippen LogP contribution in [0, 0.1) is 0 Å². The number of fused-ring (bicyclic) bond motifs is 1. The van der Waals surface area contributed by atoms with Crippen LogP contribution in [0.5, 0.6) is 0 Å². The van der Waals surface area contributed by atoms with E-state index in [0.29, 0.717) is 33.6 Å². The summed E-state index contributed by atoms with van der Waals surface area (Å²) in [6, 6.07) is 3.03. The molecule has 1 heterocycles. The van der Waals surface area contributed by atoms with Crippen LogP contribution in [0.2, 0.25) is 5.02 Å². The van der Waals surface area contributed by atoms with Crippen molar-refractivity contribution in [3.8, 4) is 0 Å². The van der Waals surface area contributed by atoms with Gasteiger partial charge >= 0.3 is 129 Å². The zero-order valence-electron chi connectivity index (χ0n) is 11.4. The predicted octanol–water partition coefficient (Wildman–Crippen LogP) is 0.325. The van der Waals surface area contributed by atoms with Gasteiger partial charge in [-0.1, -0.05) is 0 Å². The molecule has 6 nitrogen and oxygen atoms in total. The van der Waals surface area contributed by atoms with Crippen LogP contribution in [-0.4, -0.2) is 70.1 Å². The van der Waals surface area contributed by atoms with Gasteiger partial charge in [-0.15, -0.1) is 0 Å². The standard InChI is InChI=1S/C11H16ClN4O2SSe/c1-16(2,3)7-6-13-19(17,18)9-5-4-8(12)10-11(9)15-20-14-10/h4-5,13H,6-7H2,1-3H3/q+1. The first-order chi connectivity index (χ1) is 9.21. The zero-order chi connectivity index (χ0) is 15.0. The predicted molar refractivity (Wildman–Crippen MR) is 79.6 cm³/mol. The first kappa shape index (κ1) is 15.9. The molecule has 0 aliphatic carbocycles. The summed E-state index contributed by atoms with van der Waals surface area (Å²) in [7, 11) is 2.43. The number of halogens is 1. The number of benzene rings is 1. The monoisotopic (exact) mass is 383 g/mol. The van der Waals surface area contributed by atoms with Crippen LogP contribution in [0.1, 0.15) is 0 Å². The number of hydrogen-bond acceptors (Lipinski definition) is 4. The average Bonchev–Trinajstić information content (AvgIpc) is 2.76. The van der Waals surface area contributed by atoms with E-state index in [1.165, 1.54) is 6.07 Å². The normalized spacial score (nSPS) is 13.0. The van der Waals surface area contributed by atoms with Crippen molar-refractivity contribution >= 4 is 47.6 Å². The van der Waals surface area contributed by atoms with Crippen molar-refractivity contribution in [2.24, 2.45) is 0 Å². The Morgan fingerprint density at radius 3 is 2.55 bits per heavy atom. The topological polar surface area (TPSA) is 72.0 Å². The van der Waals surface area contributed by atoms with Crippen molar-refractivity contribution in [2.75, 3.05) is 34.2 Å². The third kappa shape index (κ3) is 3.58. The summed E-state index contributed by atoms with van der Waals surface area (Å²) in [4.78, 5) is 0.154. The molecule has 0 fully saturated rings. The molecule has 0 saturated heterocycles. The molecule has 0 unspecified atom stereocenters. The van der Waals surface area contributed by atoms with Gasteiger partial charge in [0.1, 0.15) is 0 Å². The summed E-state index contributed by atoms with van der Waals surface area (Å²) in [6.45, 7) is 1.06. The molecule has 110 valence electrons. The van der Waals surface area contributed by atoms with E-state index in [1.54, 1.807) is 6.07 Å². The zero-order valence-corrected chi connectivity index (χ0v) is 14.7. The molecule has 9 heteroatoms. The summed E-state index contributed by atoms with van der Waals surface area (Å²) in [5.41, 5.74) is 0.872. The quantitative estimate of drug-likeness (QED) is 0.597. The second-order valence-electron chi connectivity index (χ2n) is 5.42. The molecule has 0 aliphatic rings. The molecule has 2 rings (SSSR count). The SMILES string of the molecule is C[N+](C)(C)CCNS(=O)(=O)c1ccc(Cl)c2n[se]nc12. The van der Waals surface area contributed by atoms with Crippen LogP contribution in [0.3, 0.4) is 0 Å². The van der Waals surface area contributed by atoms with Crippen molar-refractivity contribution in [2.45, 2.75) is 4.90 Å². The minimum atomic E-state index is -3.59. The van der Waals surface area contributed by atoms with Crippen LogP contribution >= 0.6 is 11.6 Å². The van der Waals surface area contributed by atoms with E-state index in [4.69, 9.17) is 11.6 Å². The van der Waals surface area contributed by atoms with E-state index in [-0.39, 0.29) is 19.9 Å². The number of nitrogens with one attached hydrogen (secondary N) is 1. The van der Waals surface area contributed by atoms with Crippen LogP contribution < -0.4 is 4.72 Å². The third-order valence-corrected chi connectivity index (χ3v) is 5.60. The number of likely N-dealkylation sites (N-methyl/N-ethyl adjacent to an activating group) is 1. The molecule has 1 aromatic carbocycles. The maximum absolute atomic E-state index is 12.3. The van der Waals surface area contributed by atoms with E-state index in [0.717, 1.165) is 0 Å². The summed E-state index contributed by atoms with van der Waals surface area (Å²) in [6.07, 6.45) is 0. The molecule has 2 aromatic rings. The second kappa shape index (κ2) is 5.71. The van der Waals surface area contributed by atoms with Crippen molar-refractivity contribution in [1.29, 1.82) is 0 Å². The van der Waals surface area contributed by atoms with E-state index in [2.05, 4.69) is 12.7 Å². The Morgan fingerprint density at radius 1 is 1.25 bits per heavy atom. The van der Waals surface area contributed by atoms with Gasteiger partial charge in [0.25, 0.3) is 0 Å². The molecular weight excluding hydrogens is 367 g/mol. The fraction of sp³-hybridized carbons (Fsp3) is 0.455. The Balaban J connectivity index is 2.28. The Hall–Kier alpha value is -0.501. The fourth-order valence-electron chi connectivity index (χ4n) is 1.62. The number of rotatable bonds is 5. The molecule has 0 bridgehead atoms. The van der Waals surface area contributed by atoms with Gasteiger partial charge in [-0.25, -0.2) is 0 Å². The molecule has 0 amide bonds. The van der Waals surface area contributed by atoms with Gasteiger partial charge in [-0.3, -0.25) is 0 Å². The Morgan fingerprint density at radius 2 is 1.90 bits per heavy atom. The van der Waals surface area contributed by atoms with E-state index >= 15 is 0 Å². The molecule has 0 aliphatic heterocycles. The molecule has 20 heavy (non-hydrogen) atoms. The van der Waals surface area contributed by atoms with E-state index in [1.807, 2.05) is 21.1 Å². The average molecular weight is 383 g/mol. The van der Waals surface area contributed by atoms with Crippen molar-refractivity contribution in [3.05, 3.63) is 17.2 Å². The number of aromatic nitrogens is 2. The molecule has 0 saturated carbocycles. The molecule has 0 radical (unpaired) electrons. The first-order valence-electron chi connectivity index (χ1n) is 5.92. The van der Waals surface area contributed by atoms with Gasteiger partial charge in [0, 0.05) is 0 Å². The Bertz CT molecular complexity index is 724. The third-order valence-electron chi connectivity index (χ3n) is 2.69. The van der Waals surface area contributed by atoms with Crippen LogP contribution in [0.15, 0.2) is 17.0 Å². The summed E-state index contributed by atoms with van der Waals surface area (Å²) < 4.78 is 36.3. The Labute approximate surface area is 129 Å². The summed E-state index contributed by atoms with van der Waals surface area (Å²) in [5, 5.41) is 0.438. The molecule has 0 atom stereocenters.